The fourth-order valence-corrected chi connectivity index (χ4v) is 2.17. The van der Waals surface area contributed by atoms with Crippen LogP contribution in [-0.4, -0.2) is 16.0 Å². The Kier molecular flexibility index (Phi) is 2.91. The Hall–Kier alpha value is -2.75. The highest BCUT2D eigenvalue weighted by Gasteiger charge is 2.10. The Bertz CT molecular complexity index is 757. The number of hydrogen-bond acceptors (Lipinski definition) is 2. The lowest BCUT2D eigenvalue weighted by Crippen LogP contribution is -2.12. The van der Waals surface area contributed by atoms with Gasteiger partial charge in [-0.25, -0.2) is 0 Å². The van der Waals surface area contributed by atoms with Crippen molar-refractivity contribution in [2.45, 2.75) is 6.92 Å². The molecule has 1 amide bonds. The predicted molar refractivity (Wildman–Crippen MR) is 79.1 cm³/mol. The number of carbonyl (C=O) groups is 1. The van der Waals surface area contributed by atoms with E-state index in [0.717, 1.165) is 16.5 Å². The number of hydrogen-bond donors (Lipinski definition) is 3. The summed E-state index contributed by atoms with van der Waals surface area (Å²) in [5.41, 5.74) is 2.94. The number of carbonyl (C=O) groups excluding carboxylic acids is 1. The molecule has 0 atom stereocenters. The number of anilines is 1. The molecule has 4 nitrogen and oxygen atoms in total. The van der Waals surface area contributed by atoms with E-state index >= 15 is 0 Å². The summed E-state index contributed by atoms with van der Waals surface area (Å²) in [7, 11) is 0. The van der Waals surface area contributed by atoms with Crippen LogP contribution >= 0.6 is 0 Å². The maximum Gasteiger partial charge on any atom is 0.272 e. The second kappa shape index (κ2) is 4.74. The van der Waals surface area contributed by atoms with Crippen molar-refractivity contribution >= 4 is 22.5 Å². The number of H-pyrrole nitrogens is 1. The first-order valence-corrected chi connectivity index (χ1v) is 6.32. The van der Waals surface area contributed by atoms with Crippen molar-refractivity contribution in [3.8, 4) is 5.75 Å². The number of benzene rings is 2. The van der Waals surface area contributed by atoms with Crippen molar-refractivity contribution < 1.29 is 9.90 Å². The van der Waals surface area contributed by atoms with Crippen molar-refractivity contribution in [1.29, 1.82) is 0 Å². The zero-order chi connectivity index (χ0) is 14.1. The van der Waals surface area contributed by atoms with Crippen LogP contribution in [0, 0.1) is 6.92 Å². The lowest BCUT2D eigenvalue weighted by atomic mass is 10.2. The van der Waals surface area contributed by atoms with E-state index < -0.39 is 0 Å². The molecule has 100 valence electrons. The van der Waals surface area contributed by atoms with E-state index in [1.807, 2.05) is 37.3 Å². The van der Waals surface area contributed by atoms with Crippen LogP contribution in [0.4, 0.5) is 5.69 Å². The molecule has 1 aromatic heterocycles. The van der Waals surface area contributed by atoms with E-state index in [4.69, 9.17) is 0 Å². The molecule has 1 heterocycles. The number of phenolic OH excluding ortho intramolecular Hbond substituents is 1. The number of aromatic amines is 1. The highest BCUT2D eigenvalue weighted by molar-refractivity contribution is 6.06. The van der Waals surface area contributed by atoms with Gasteiger partial charge in [-0.05, 0) is 42.8 Å². The number of aromatic hydroxyl groups is 1. The van der Waals surface area contributed by atoms with Crippen LogP contribution in [0.5, 0.6) is 5.75 Å². The predicted octanol–water partition coefficient (Wildman–Crippen LogP) is 3.43. The summed E-state index contributed by atoms with van der Waals surface area (Å²) in [6, 6.07) is 14.4. The molecule has 3 N–H and O–H groups in total. The van der Waals surface area contributed by atoms with Gasteiger partial charge in [0.25, 0.3) is 5.91 Å². The largest absolute Gasteiger partial charge is 0.508 e. The minimum atomic E-state index is -0.199. The molecule has 20 heavy (non-hydrogen) atoms. The molecule has 0 spiro atoms. The number of fused-ring (bicyclic) bond motifs is 1. The molecule has 0 bridgehead atoms. The minimum absolute atomic E-state index is 0.186. The Labute approximate surface area is 116 Å². The summed E-state index contributed by atoms with van der Waals surface area (Å²) in [5.74, 6) is -0.0129. The summed E-state index contributed by atoms with van der Waals surface area (Å²) in [4.78, 5) is 15.3. The van der Waals surface area contributed by atoms with Crippen molar-refractivity contribution in [3.63, 3.8) is 0 Å². The SMILES string of the molecule is Cc1cc(O)ccc1NC(=O)c1cc2ccccc2[nH]1. The number of aryl methyl sites for hydroxylation is 1. The lowest BCUT2D eigenvalue weighted by molar-refractivity contribution is 0.102. The number of aromatic nitrogens is 1. The lowest BCUT2D eigenvalue weighted by Gasteiger charge is -2.07. The van der Waals surface area contributed by atoms with Crippen LogP contribution in [0.25, 0.3) is 10.9 Å². The maximum atomic E-state index is 12.2. The monoisotopic (exact) mass is 266 g/mol. The number of amides is 1. The molecule has 3 rings (SSSR count). The summed E-state index contributed by atoms with van der Waals surface area (Å²) >= 11 is 0. The topological polar surface area (TPSA) is 65.1 Å². The molecular weight excluding hydrogens is 252 g/mol. The van der Waals surface area contributed by atoms with Gasteiger partial charge in [0.2, 0.25) is 0 Å². The number of phenols is 1. The van der Waals surface area contributed by atoms with E-state index in [9.17, 15) is 9.90 Å². The molecule has 2 aromatic carbocycles. The molecule has 0 unspecified atom stereocenters. The first-order chi connectivity index (χ1) is 9.63. The summed E-state index contributed by atoms with van der Waals surface area (Å²) in [6.07, 6.45) is 0. The van der Waals surface area contributed by atoms with Gasteiger partial charge in [0.1, 0.15) is 11.4 Å². The van der Waals surface area contributed by atoms with E-state index in [-0.39, 0.29) is 11.7 Å². The summed E-state index contributed by atoms with van der Waals surface area (Å²) < 4.78 is 0. The molecular formula is C16H14N2O2. The van der Waals surface area contributed by atoms with Crippen molar-refractivity contribution in [3.05, 3.63) is 59.8 Å². The molecule has 0 fully saturated rings. The van der Waals surface area contributed by atoms with Crippen molar-refractivity contribution in [1.82, 2.24) is 4.98 Å². The third kappa shape index (κ3) is 2.23. The second-order valence-electron chi connectivity index (χ2n) is 4.72. The zero-order valence-corrected chi connectivity index (χ0v) is 11.0. The van der Waals surface area contributed by atoms with E-state index in [0.29, 0.717) is 11.4 Å². The van der Waals surface area contributed by atoms with Gasteiger partial charge in [-0.15, -0.1) is 0 Å². The molecule has 0 radical (unpaired) electrons. The van der Waals surface area contributed by atoms with Crippen LogP contribution in [0.3, 0.4) is 0 Å². The summed E-state index contributed by atoms with van der Waals surface area (Å²) in [6.45, 7) is 1.83. The highest BCUT2D eigenvalue weighted by Crippen LogP contribution is 2.21. The van der Waals surface area contributed by atoms with Crippen LogP contribution < -0.4 is 5.32 Å². The Balaban J connectivity index is 1.89. The van der Waals surface area contributed by atoms with Gasteiger partial charge in [0.05, 0.1) is 0 Å². The van der Waals surface area contributed by atoms with Crippen molar-refractivity contribution in [2.75, 3.05) is 5.32 Å². The number of nitrogens with one attached hydrogen (secondary N) is 2. The quantitative estimate of drug-likeness (QED) is 0.622. The summed E-state index contributed by atoms with van der Waals surface area (Å²) in [5, 5.41) is 13.2. The van der Waals surface area contributed by atoms with Crippen LogP contribution in [-0.2, 0) is 0 Å². The average Bonchev–Trinajstić information content (AvgIpc) is 2.86. The first-order valence-electron chi connectivity index (χ1n) is 6.32. The molecule has 0 saturated heterocycles. The standard InChI is InChI=1S/C16H14N2O2/c1-10-8-12(19)6-7-13(10)18-16(20)15-9-11-4-2-3-5-14(11)17-15/h2-9,17,19H,1H3,(H,18,20). The molecule has 4 heteroatoms. The first kappa shape index (κ1) is 12.3. The van der Waals surface area contributed by atoms with Gasteiger partial charge >= 0.3 is 0 Å². The average molecular weight is 266 g/mol. The van der Waals surface area contributed by atoms with Gasteiger partial charge in [-0.2, -0.15) is 0 Å². The zero-order valence-electron chi connectivity index (χ0n) is 11.0. The van der Waals surface area contributed by atoms with Crippen LogP contribution in [0.15, 0.2) is 48.5 Å². The van der Waals surface area contributed by atoms with E-state index in [2.05, 4.69) is 10.3 Å². The van der Waals surface area contributed by atoms with Crippen LogP contribution in [0.1, 0.15) is 16.1 Å². The van der Waals surface area contributed by atoms with Gasteiger partial charge in [-0.3, -0.25) is 4.79 Å². The Morgan fingerprint density at radius 1 is 1.15 bits per heavy atom. The minimum Gasteiger partial charge on any atom is -0.508 e. The fraction of sp³-hybridized carbons (Fsp3) is 0.0625. The normalized spacial score (nSPS) is 10.7. The van der Waals surface area contributed by atoms with Gasteiger partial charge in [0, 0.05) is 16.6 Å². The van der Waals surface area contributed by atoms with Crippen LogP contribution in [0.2, 0.25) is 0 Å². The second-order valence-corrected chi connectivity index (χ2v) is 4.72. The molecule has 0 aliphatic carbocycles. The number of rotatable bonds is 2. The number of para-hydroxylation sites is 1. The van der Waals surface area contributed by atoms with E-state index in [1.54, 1.807) is 18.2 Å². The third-order valence-electron chi connectivity index (χ3n) is 3.23. The molecule has 3 aromatic rings. The van der Waals surface area contributed by atoms with Crippen molar-refractivity contribution in [2.24, 2.45) is 0 Å². The fourth-order valence-electron chi connectivity index (χ4n) is 2.17. The van der Waals surface area contributed by atoms with Gasteiger partial charge in [-0.1, -0.05) is 18.2 Å². The maximum absolute atomic E-state index is 12.2. The molecule has 0 saturated carbocycles. The smallest absolute Gasteiger partial charge is 0.272 e. The Morgan fingerprint density at radius 2 is 1.95 bits per heavy atom. The van der Waals surface area contributed by atoms with Gasteiger partial charge in [0.15, 0.2) is 0 Å². The van der Waals surface area contributed by atoms with Gasteiger partial charge < -0.3 is 15.4 Å². The third-order valence-corrected chi connectivity index (χ3v) is 3.23. The Morgan fingerprint density at radius 3 is 2.70 bits per heavy atom. The molecule has 0 aliphatic rings. The van der Waals surface area contributed by atoms with E-state index in [1.165, 1.54) is 0 Å². The highest BCUT2D eigenvalue weighted by atomic mass is 16.3. The molecule has 0 aliphatic heterocycles.